The van der Waals surface area contributed by atoms with Gasteiger partial charge in [0.2, 0.25) is 17.7 Å². The van der Waals surface area contributed by atoms with Crippen LogP contribution in [0.3, 0.4) is 0 Å². The number of nitrogens with one attached hydrogen (secondary N) is 4. The number of hydrogen-bond acceptors (Lipinski definition) is 6. The van der Waals surface area contributed by atoms with Crippen LogP contribution in [0.25, 0.3) is 0 Å². The van der Waals surface area contributed by atoms with Crippen molar-refractivity contribution in [2.75, 3.05) is 13.1 Å². The molecule has 3 amide bonds. The van der Waals surface area contributed by atoms with Crippen LogP contribution in [0, 0.1) is 5.92 Å². The topological polar surface area (TPSA) is 157 Å². The van der Waals surface area contributed by atoms with Gasteiger partial charge >= 0.3 is 5.97 Å². The van der Waals surface area contributed by atoms with E-state index in [1.165, 1.54) is 12.5 Å². The fraction of sp³-hybridized carbons (Fsp3) is 0.682. The maximum absolute atomic E-state index is 13.1. The molecule has 4 atom stereocenters. The molecule has 4 unspecified atom stereocenters. The SMILES string of the molecule is CC(C)CC(NC(=O)C1CCCN1C(=O)C1CCCN1)C(=O)NC(Cc1cnc[nH]1)C(=O)O. The lowest BCUT2D eigenvalue weighted by Gasteiger charge is -2.29. The highest BCUT2D eigenvalue weighted by molar-refractivity contribution is 5.94. The fourth-order valence-electron chi connectivity index (χ4n) is 4.46. The summed E-state index contributed by atoms with van der Waals surface area (Å²) in [7, 11) is 0. The second-order valence-electron chi connectivity index (χ2n) is 9.21. The highest BCUT2D eigenvalue weighted by atomic mass is 16.4. The number of amides is 3. The standard InChI is InChI=1S/C22H34N6O5/c1-13(2)9-16(19(29)27-17(22(32)33)10-14-11-23-12-25-14)26-20(30)18-6-4-8-28(18)21(31)15-5-3-7-24-15/h11-13,15-18,24H,3-10H2,1-2H3,(H,23,25)(H,26,30)(H,27,29)(H,32,33). The molecular weight excluding hydrogens is 428 g/mol. The third-order valence-electron chi connectivity index (χ3n) is 6.13. The zero-order valence-electron chi connectivity index (χ0n) is 19.2. The minimum atomic E-state index is -1.18. The lowest BCUT2D eigenvalue weighted by atomic mass is 10.0. The summed E-state index contributed by atoms with van der Waals surface area (Å²) in [6.45, 7) is 5.15. The van der Waals surface area contributed by atoms with Gasteiger partial charge in [0.15, 0.2) is 0 Å². The Morgan fingerprint density at radius 3 is 2.58 bits per heavy atom. The molecule has 11 nitrogen and oxygen atoms in total. The molecule has 1 aromatic heterocycles. The molecule has 1 aromatic rings. The first-order chi connectivity index (χ1) is 15.8. The number of rotatable bonds is 10. The van der Waals surface area contributed by atoms with Crippen molar-refractivity contribution < 1.29 is 24.3 Å². The molecular formula is C22H34N6O5. The Bertz CT molecular complexity index is 836. The monoisotopic (exact) mass is 462 g/mol. The Labute approximate surface area is 193 Å². The van der Waals surface area contributed by atoms with E-state index in [-0.39, 0.29) is 30.2 Å². The van der Waals surface area contributed by atoms with Crippen LogP contribution in [0.4, 0.5) is 0 Å². The Morgan fingerprint density at radius 2 is 1.97 bits per heavy atom. The lowest BCUT2D eigenvalue weighted by Crippen LogP contribution is -2.57. The molecule has 5 N–H and O–H groups in total. The van der Waals surface area contributed by atoms with Crippen LogP contribution in [0.5, 0.6) is 0 Å². The van der Waals surface area contributed by atoms with Crippen molar-refractivity contribution in [2.24, 2.45) is 5.92 Å². The van der Waals surface area contributed by atoms with Crippen molar-refractivity contribution >= 4 is 23.7 Å². The Balaban J connectivity index is 1.65. The molecule has 0 spiro atoms. The number of hydrogen-bond donors (Lipinski definition) is 5. The van der Waals surface area contributed by atoms with E-state index in [0.29, 0.717) is 25.1 Å². The maximum Gasteiger partial charge on any atom is 0.326 e. The van der Waals surface area contributed by atoms with Crippen molar-refractivity contribution in [3.05, 3.63) is 18.2 Å². The van der Waals surface area contributed by atoms with Crippen molar-refractivity contribution in [3.63, 3.8) is 0 Å². The second-order valence-corrected chi connectivity index (χ2v) is 9.21. The van der Waals surface area contributed by atoms with Crippen LogP contribution in [-0.2, 0) is 25.6 Å². The highest BCUT2D eigenvalue weighted by Gasteiger charge is 2.39. The van der Waals surface area contributed by atoms with Crippen molar-refractivity contribution in [2.45, 2.75) is 76.5 Å². The van der Waals surface area contributed by atoms with Crippen LogP contribution >= 0.6 is 0 Å². The van der Waals surface area contributed by atoms with Gasteiger partial charge < -0.3 is 30.9 Å². The average Bonchev–Trinajstić information content (AvgIpc) is 3.54. The van der Waals surface area contributed by atoms with Gasteiger partial charge in [-0.05, 0) is 44.6 Å². The number of carboxylic acid groups (broad SMARTS) is 1. The maximum atomic E-state index is 13.1. The molecule has 182 valence electrons. The van der Waals surface area contributed by atoms with Gasteiger partial charge in [-0.2, -0.15) is 0 Å². The number of carbonyl (C=O) groups excluding carboxylic acids is 3. The van der Waals surface area contributed by atoms with E-state index in [1.54, 1.807) is 4.90 Å². The molecule has 2 fully saturated rings. The minimum absolute atomic E-state index is 0.0444. The number of likely N-dealkylation sites (tertiary alicyclic amines) is 1. The van der Waals surface area contributed by atoms with Crippen LogP contribution in [-0.4, -0.2) is 80.9 Å². The molecule has 33 heavy (non-hydrogen) atoms. The Morgan fingerprint density at radius 1 is 1.18 bits per heavy atom. The minimum Gasteiger partial charge on any atom is -0.480 e. The number of nitrogens with zero attached hydrogens (tertiary/aromatic N) is 2. The first kappa shape index (κ1) is 24.7. The quantitative estimate of drug-likeness (QED) is 0.322. The Kier molecular flexibility index (Phi) is 8.43. The van der Waals surface area contributed by atoms with Gasteiger partial charge in [0.25, 0.3) is 0 Å². The number of aromatic nitrogens is 2. The van der Waals surface area contributed by atoms with Gasteiger partial charge in [-0.25, -0.2) is 9.78 Å². The van der Waals surface area contributed by atoms with Crippen molar-refractivity contribution in [3.8, 4) is 0 Å². The first-order valence-electron chi connectivity index (χ1n) is 11.6. The van der Waals surface area contributed by atoms with Gasteiger partial charge in [-0.15, -0.1) is 0 Å². The summed E-state index contributed by atoms with van der Waals surface area (Å²) in [6.07, 6.45) is 6.28. The van der Waals surface area contributed by atoms with Gasteiger partial charge in [0, 0.05) is 24.9 Å². The smallest absolute Gasteiger partial charge is 0.326 e. The molecule has 2 saturated heterocycles. The summed E-state index contributed by atoms with van der Waals surface area (Å²) >= 11 is 0. The van der Waals surface area contributed by atoms with Gasteiger partial charge in [-0.1, -0.05) is 13.8 Å². The van der Waals surface area contributed by atoms with Gasteiger partial charge in [-0.3, -0.25) is 14.4 Å². The van der Waals surface area contributed by atoms with Crippen molar-refractivity contribution in [1.82, 2.24) is 30.8 Å². The van der Waals surface area contributed by atoms with Gasteiger partial charge in [0.05, 0.1) is 12.4 Å². The molecule has 0 saturated carbocycles. The number of aromatic amines is 1. The second kappa shape index (κ2) is 11.3. The lowest BCUT2D eigenvalue weighted by molar-refractivity contribution is -0.143. The molecule has 0 bridgehead atoms. The normalized spacial score (nSPS) is 22.2. The number of H-pyrrole nitrogens is 1. The largest absolute Gasteiger partial charge is 0.480 e. The van der Waals surface area contributed by atoms with Crippen LogP contribution in [0.15, 0.2) is 12.5 Å². The molecule has 11 heteroatoms. The summed E-state index contributed by atoms with van der Waals surface area (Å²) in [5.74, 6) is -2.09. The van der Waals surface area contributed by atoms with E-state index in [0.717, 1.165) is 25.8 Å². The van der Waals surface area contributed by atoms with E-state index in [4.69, 9.17) is 0 Å². The number of aliphatic carboxylic acids is 1. The predicted octanol–water partition coefficient (Wildman–Crippen LogP) is -0.204. The molecule has 0 aromatic carbocycles. The molecule has 0 aliphatic carbocycles. The zero-order chi connectivity index (χ0) is 24.0. The first-order valence-corrected chi connectivity index (χ1v) is 11.6. The molecule has 2 aliphatic heterocycles. The van der Waals surface area contributed by atoms with Crippen molar-refractivity contribution in [1.29, 1.82) is 0 Å². The van der Waals surface area contributed by atoms with E-state index in [2.05, 4.69) is 25.9 Å². The third-order valence-corrected chi connectivity index (χ3v) is 6.13. The molecule has 3 rings (SSSR count). The number of carboxylic acids is 1. The molecule has 0 radical (unpaired) electrons. The van der Waals surface area contributed by atoms with E-state index in [9.17, 15) is 24.3 Å². The summed E-state index contributed by atoms with van der Waals surface area (Å²) < 4.78 is 0. The fourth-order valence-corrected chi connectivity index (χ4v) is 4.46. The van der Waals surface area contributed by atoms with Crippen LogP contribution in [0.1, 0.15) is 51.6 Å². The summed E-state index contributed by atoms with van der Waals surface area (Å²) in [5.41, 5.74) is 0.577. The van der Waals surface area contributed by atoms with E-state index < -0.39 is 30.0 Å². The number of imidazole rings is 1. The van der Waals surface area contributed by atoms with E-state index >= 15 is 0 Å². The average molecular weight is 463 g/mol. The molecule has 2 aliphatic rings. The predicted molar refractivity (Wildman–Crippen MR) is 119 cm³/mol. The summed E-state index contributed by atoms with van der Waals surface area (Å²) in [5, 5.41) is 18.1. The van der Waals surface area contributed by atoms with Crippen LogP contribution in [0.2, 0.25) is 0 Å². The van der Waals surface area contributed by atoms with Gasteiger partial charge in [0.1, 0.15) is 18.1 Å². The zero-order valence-corrected chi connectivity index (χ0v) is 19.2. The third kappa shape index (κ3) is 6.53. The highest BCUT2D eigenvalue weighted by Crippen LogP contribution is 2.21. The van der Waals surface area contributed by atoms with Crippen LogP contribution < -0.4 is 16.0 Å². The molecule has 3 heterocycles. The Hall–Kier alpha value is -2.95. The summed E-state index contributed by atoms with van der Waals surface area (Å²) in [4.78, 5) is 59.0. The summed E-state index contributed by atoms with van der Waals surface area (Å²) in [6, 6.07) is -2.94. The number of carbonyl (C=O) groups is 4. The van der Waals surface area contributed by atoms with E-state index in [1.807, 2.05) is 13.8 Å².